The van der Waals surface area contributed by atoms with E-state index in [1.165, 1.54) is 10.7 Å². The Labute approximate surface area is 119 Å². The highest BCUT2D eigenvalue weighted by molar-refractivity contribution is 7.07. The van der Waals surface area contributed by atoms with Crippen molar-refractivity contribution in [3.8, 4) is 11.3 Å². The van der Waals surface area contributed by atoms with Crippen LogP contribution in [-0.2, 0) is 6.54 Å². The Morgan fingerprint density at radius 1 is 1.30 bits per heavy atom. The molecular formula is C14H13N3O2S. The van der Waals surface area contributed by atoms with Crippen LogP contribution in [0.3, 0.4) is 0 Å². The van der Waals surface area contributed by atoms with Crippen molar-refractivity contribution in [2.45, 2.75) is 20.4 Å². The van der Waals surface area contributed by atoms with Gasteiger partial charge < -0.3 is 4.52 Å². The first kappa shape index (κ1) is 12.8. The highest BCUT2D eigenvalue weighted by Gasteiger charge is 2.14. The minimum atomic E-state index is -0.119. The van der Waals surface area contributed by atoms with Crippen LogP contribution in [0.4, 0.5) is 0 Å². The fraction of sp³-hybridized carbons (Fsp3) is 0.214. The smallest absolute Gasteiger partial charge is 0.267 e. The summed E-state index contributed by atoms with van der Waals surface area (Å²) in [5, 5.41) is 12.3. The van der Waals surface area contributed by atoms with Gasteiger partial charge >= 0.3 is 0 Å². The molecular weight excluding hydrogens is 274 g/mol. The number of nitrogens with zero attached hydrogens (tertiary/aromatic N) is 3. The predicted molar refractivity (Wildman–Crippen MR) is 76.9 cm³/mol. The lowest BCUT2D eigenvalue weighted by Crippen LogP contribution is -2.22. The van der Waals surface area contributed by atoms with Gasteiger partial charge in [-0.25, -0.2) is 4.68 Å². The van der Waals surface area contributed by atoms with Crippen LogP contribution in [0.5, 0.6) is 0 Å². The van der Waals surface area contributed by atoms with Gasteiger partial charge in [0.05, 0.1) is 23.5 Å². The molecule has 6 heteroatoms. The van der Waals surface area contributed by atoms with Gasteiger partial charge in [0.25, 0.3) is 5.56 Å². The second-order valence-electron chi connectivity index (χ2n) is 4.55. The lowest BCUT2D eigenvalue weighted by Gasteiger charge is -2.05. The minimum Gasteiger partial charge on any atom is -0.361 e. The molecule has 0 aliphatic carbocycles. The molecule has 3 aromatic rings. The van der Waals surface area contributed by atoms with E-state index >= 15 is 0 Å². The van der Waals surface area contributed by atoms with Gasteiger partial charge in [-0.1, -0.05) is 5.16 Å². The van der Waals surface area contributed by atoms with Crippen molar-refractivity contribution < 1.29 is 4.52 Å². The van der Waals surface area contributed by atoms with E-state index in [9.17, 15) is 4.79 Å². The van der Waals surface area contributed by atoms with Crippen molar-refractivity contribution in [3.05, 3.63) is 56.3 Å². The normalized spacial score (nSPS) is 10.9. The summed E-state index contributed by atoms with van der Waals surface area (Å²) in [5.41, 5.74) is 3.28. The van der Waals surface area contributed by atoms with Crippen LogP contribution in [-0.4, -0.2) is 14.9 Å². The summed E-state index contributed by atoms with van der Waals surface area (Å²) in [6.45, 7) is 4.17. The Balaban J connectivity index is 2.05. The van der Waals surface area contributed by atoms with Crippen LogP contribution in [0, 0.1) is 13.8 Å². The van der Waals surface area contributed by atoms with E-state index in [1.54, 1.807) is 17.4 Å². The first-order valence-corrected chi connectivity index (χ1v) is 7.12. The molecule has 0 saturated heterocycles. The molecule has 0 unspecified atom stereocenters. The Hall–Kier alpha value is -2.21. The molecule has 0 N–H and O–H groups in total. The summed E-state index contributed by atoms with van der Waals surface area (Å²) >= 11 is 1.60. The van der Waals surface area contributed by atoms with Gasteiger partial charge in [0.2, 0.25) is 0 Å². The summed E-state index contributed by atoms with van der Waals surface area (Å²) in [5.74, 6) is 0.704. The summed E-state index contributed by atoms with van der Waals surface area (Å²) in [7, 11) is 0. The molecule has 0 aromatic carbocycles. The maximum Gasteiger partial charge on any atom is 0.267 e. The summed E-state index contributed by atoms with van der Waals surface area (Å²) < 4.78 is 6.61. The molecule has 102 valence electrons. The van der Waals surface area contributed by atoms with Crippen molar-refractivity contribution in [2.75, 3.05) is 0 Å². The summed E-state index contributed by atoms with van der Waals surface area (Å²) in [4.78, 5) is 11.9. The van der Waals surface area contributed by atoms with Gasteiger partial charge in [-0.15, -0.1) is 0 Å². The zero-order valence-electron chi connectivity index (χ0n) is 11.2. The van der Waals surface area contributed by atoms with Gasteiger partial charge in [-0.2, -0.15) is 16.4 Å². The largest absolute Gasteiger partial charge is 0.361 e. The minimum absolute atomic E-state index is 0.119. The van der Waals surface area contributed by atoms with Gasteiger partial charge in [0, 0.05) is 6.07 Å². The second-order valence-corrected chi connectivity index (χ2v) is 5.33. The molecule has 0 aliphatic rings. The van der Waals surface area contributed by atoms with Crippen molar-refractivity contribution in [2.24, 2.45) is 0 Å². The highest BCUT2D eigenvalue weighted by atomic mass is 32.1. The van der Waals surface area contributed by atoms with Crippen molar-refractivity contribution >= 4 is 11.3 Å². The van der Waals surface area contributed by atoms with E-state index in [2.05, 4.69) is 10.3 Å². The monoisotopic (exact) mass is 287 g/mol. The van der Waals surface area contributed by atoms with E-state index in [-0.39, 0.29) is 5.56 Å². The van der Waals surface area contributed by atoms with Crippen LogP contribution >= 0.6 is 11.3 Å². The Kier molecular flexibility index (Phi) is 3.23. The van der Waals surface area contributed by atoms with E-state index in [4.69, 9.17) is 4.52 Å². The van der Waals surface area contributed by atoms with E-state index in [0.29, 0.717) is 18.0 Å². The number of aryl methyl sites for hydroxylation is 2. The summed E-state index contributed by atoms with van der Waals surface area (Å²) in [6, 6.07) is 5.22. The molecule has 3 rings (SSSR count). The van der Waals surface area contributed by atoms with Crippen LogP contribution in [0.1, 0.15) is 17.0 Å². The maximum absolute atomic E-state index is 11.9. The fourth-order valence-corrected chi connectivity index (χ4v) is 2.76. The molecule has 0 bridgehead atoms. The Morgan fingerprint density at radius 2 is 2.15 bits per heavy atom. The van der Waals surface area contributed by atoms with Crippen molar-refractivity contribution in [1.82, 2.24) is 14.9 Å². The van der Waals surface area contributed by atoms with Gasteiger partial charge in [0.15, 0.2) is 0 Å². The predicted octanol–water partition coefficient (Wildman–Crippen LogP) is 2.62. The number of hydrogen-bond donors (Lipinski definition) is 0. The van der Waals surface area contributed by atoms with Gasteiger partial charge in [-0.05, 0) is 42.3 Å². The number of hydrogen-bond acceptors (Lipinski definition) is 5. The van der Waals surface area contributed by atoms with Crippen molar-refractivity contribution in [3.63, 3.8) is 0 Å². The molecule has 0 radical (unpaired) electrons. The maximum atomic E-state index is 11.9. The summed E-state index contributed by atoms with van der Waals surface area (Å²) in [6.07, 6.45) is 0. The molecule has 0 fully saturated rings. The van der Waals surface area contributed by atoms with Crippen LogP contribution < -0.4 is 5.56 Å². The molecule has 0 amide bonds. The quantitative estimate of drug-likeness (QED) is 0.743. The van der Waals surface area contributed by atoms with Crippen LogP contribution in [0.25, 0.3) is 11.3 Å². The van der Waals surface area contributed by atoms with Crippen molar-refractivity contribution in [1.29, 1.82) is 0 Å². The van der Waals surface area contributed by atoms with E-state index < -0.39 is 0 Å². The topological polar surface area (TPSA) is 60.9 Å². The average molecular weight is 287 g/mol. The van der Waals surface area contributed by atoms with Crippen LogP contribution in [0.15, 0.2) is 38.3 Å². The first-order valence-electron chi connectivity index (χ1n) is 6.17. The molecule has 0 aliphatic heterocycles. The zero-order chi connectivity index (χ0) is 14.1. The lowest BCUT2D eigenvalue weighted by molar-refractivity contribution is 0.393. The molecule has 3 aromatic heterocycles. The molecule has 0 saturated carbocycles. The van der Waals surface area contributed by atoms with Gasteiger partial charge in [-0.3, -0.25) is 4.79 Å². The zero-order valence-corrected chi connectivity index (χ0v) is 12.0. The SMILES string of the molecule is Cc1noc(C)c1-c1ccc(=O)n(Cc2ccsc2)n1. The third-order valence-electron chi connectivity index (χ3n) is 3.07. The average Bonchev–Trinajstić information content (AvgIpc) is 3.03. The number of thiophene rings is 1. The molecule has 0 atom stereocenters. The second kappa shape index (κ2) is 5.05. The molecule has 5 nitrogen and oxygen atoms in total. The molecule has 20 heavy (non-hydrogen) atoms. The third kappa shape index (κ3) is 2.30. The van der Waals surface area contributed by atoms with Crippen LogP contribution in [0.2, 0.25) is 0 Å². The van der Waals surface area contributed by atoms with E-state index in [1.807, 2.05) is 30.7 Å². The lowest BCUT2D eigenvalue weighted by atomic mass is 10.1. The Bertz CT molecular complexity index is 768. The fourth-order valence-electron chi connectivity index (χ4n) is 2.10. The first-order chi connectivity index (χ1) is 9.65. The molecule has 3 heterocycles. The van der Waals surface area contributed by atoms with E-state index in [0.717, 1.165) is 16.8 Å². The Morgan fingerprint density at radius 3 is 2.80 bits per heavy atom. The molecule has 0 spiro atoms. The highest BCUT2D eigenvalue weighted by Crippen LogP contribution is 2.23. The number of aromatic nitrogens is 3. The number of rotatable bonds is 3. The standard InChI is InChI=1S/C14H13N3O2S/c1-9-14(10(2)19-16-9)12-3-4-13(18)17(15-12)7-11-5-6-20-8-11/h3-6,8H,7H2,1-2H3. The third-order valence-corrected chi connectivity index (χ3v) is 3.80. The van der Waals surface area contributed by atoms with Gasteiger partial charge in [0.1, 0.15) is 5.76 Å².